The number of hydrogen-bond donors (Lipinski definition) is 3. The van der Waals surface area contributed by atoms with Crippen LogP contribution in [-0.2, 0) is 0 Å². The van der Waals surface area contributed by atoms with E-state index in [1.54, 1.807) is 18.2 Å². The molecule has 0 aliphatic heterocycles. The van der Waals surface area contributed by atoms with E-state index in [2.05, 4.69) is 22.9 Å². The molecule has 3 amide bonds. The summed E-state index contributed by atoms with van der Waals surface area (Å²) in [4.78, 5) is 23.9. The Bertz CT molecular complexity index is 559. The summed E-state index contributed by atoms with van der Waals surface area (Å²) in [6, 6.07) is 4.92. The maximum Gasteiger partial charge on any atom is 0.319 e. The van der Waals surface area contributed by atoms with E-state index in [1.165, 1.54) is 12.8 Å². The molecule has 23 heavy (non-hydrogen) atoms. The summed E-state index contributed by atoms with van der Waals surface area (Å²) in [5.41, 5.74) is 0.945. The quantitative estimate of drug-likeness (QED) is 0.629. The standard InChI is InChI=1S/C17H24ClN3O2/c1-2-3-4-5-10-19-17(23)21-13-8-9-15(18)14(11-13)16(22)20-12-6-7-12/h8-9,11-12H,2-7,10H2,1H3,(H,20,22)(H2,19,21,23). The molecule has 1 aromatic rings. The number of nitrogens with one attached hydrogen (secondary N) is 3. The zero-order valence-electron chi connectivity index (χ0n) is 13.5. The Morgan fingerprint density at radius 2 is 2.00 bits per heavy atom. The number of carbonyl (C=O) groups excluding carboxylic acids is 2. The van der Waals surface area contributed by atoms with Gasteiger partial charge in [0.05, 0.1) is 10.6 Å². The molecule has 3 N–H and O–H groups in total. The summed E-state index contributed by atoms with van der Waals surface area (Å²) in [7, 11) is 0. The molecule has 0 radical (unpaired) electrons. The minimum absolute atomic E-state index is 0.193. The fourth-order valence-corrected chi connectivity index (χ4v) is 2.40. The summed E-state index contributed by atoms with van der Waals surface area (Å²) in [5.74, 6) is -0.193. The van der Waals surface area contributed by atoms with Gasteiger partial charge in [-0.1, -0.05) is 37.8 Å². The van der Waals surface area contributed by atoms with Gasteiger partial charge in [-0.3, -0.25) is 4.79 Å². The molecule has 0 aromatic heterocycles. The highest BCUT2D eigenvalue weighted by molar-refractivity contribution is 6.34. The molecule has 1 aromatic carbocycles. The van der Waals surface area contributed by atoms with Crippen molar-refractivity contribution < 1.29 is 9.59 Å². The third-order valence-electron chi connectivity index (χ3n) is 3.70. The summed E-state index contributed by atoms with van der Waals surface area (Å²) < 4.78 is 0. The van der Waals surface area contributed by atoms with Crippen molar-refractivity contribution in [3.63, 3.8) is 0 Å². The summed E-state index contributed by atoms with van der Waals surface area (Å²) in [5, 5.41) is 8.82. The van der Waals surface area contributed by atoms with Gasteiger partial charge in [-0.05, 0) is 37.5 Å². The maximum atomic E-state index is 12.1. The molecule has 5 nitrogen and oxygen atoms in total. The zero-order chi connectivity index (χ0) is 16.7. The van der Waals surface area contributed by atoms with Crippen LogP contribution in [-0.4, -0.2) is 24.5 Å². The highest BCUT2D eigenvalue weighted by atomic mass is 35.5. The van der Waals surface area contributed by atoms with Crippen LogP contribution in [0.1, 0.15) is 55.8 Å². The molecule has 0 heterocycles. The van der Waals surface area contributed by atoms with Gasteiger partial charge in [0.25, 0.3) is 5.91 Å². The molecule has 1 fully saturated rings. The molecule has 0 spiro atoms. The van der Waals surface area contributed by atoms with Gasteiger partial charge in [0.15, 0.2) is 0 Å². The lowest BCUT2D eigenvalue weighted by Crippen LogP contribution is -2.30. The van der Waals surface area contributed by atoms with Crippen LogP contribution in [0.2, 0.25) is 5.02 Å². The summed E-state index contributed by atoms with van der Waals surface area (Å²) in [6.07, 6.45) is 6.46. The van der Waals surface area contributed by atoms with E-state index in [-0.39, 0.29) is 18.0 Å². The Kier molecular flexibility index (Phi) is 6.71. The SMILES string of the molecule is CCCCCCNC(=O)Nc1ccc(Cl)c(C(=O)NC2CC2)c1. The third-order valence-corrected chi connectivity index (χ3v) is 4.03. The predicted molar refractivity (Wildman–Crippen MR) is 93.1 cm³/mol. The predicted octanol–water partition coefficient (Wildman–Crippen LogP) is 3.93. The molecular weight excluding hydrogens is 314 g/mol. The van der Waals surface area contributed by atoms with E-state index in [4.69, 9.17) is 11.6 Å². The topological polar surface area (TPSA) is 70.2 Å². The lowest BCUT2D eigenvalue weighted by molar-refractivity contribution is 0.0951. The molecular formula is C17H24ClN3O2. The lowest BCUT2D eigenvalue weighted by Gasteiger charge is -2.10. The van der Waals surface area contributed by atoms with Crippen LogP contribution >= 0.6 is 11.6 Å². The van der Waals surface area contributed by atoms with Crippen molar-refractivity contribution in [3.8, 4) is 0 Å². The normalized spacial score (nSPS) is 13.5. The highest BCUT2D eigenvalue weighted by Crippen LogP contribution is 2.23. The van der Waals surface area contributed by atoms with Crippen molar-refractivity contribution in [1.29, 1.82) is 0 Å². The van der Waals surface area contributed by atoms with Gasteiger partial charge < -0.3 is 16.0 Å². The van der Waals surface area contributed by atoms with Crippen molar-refractivity contribution in [1.82, 2.24) is 10.6 Å². The Morgan fingerprint density at radius 1 is 1.22 bits per heavy atom. The largest absolute Gasteiger partial charge is 0.349 e. The second kappa shape index (κ2) is 8.77. The molecule has 0 saturated heterocycles. The number of rotatable bonds is 8. The number of anilines is 1. The number of halogens is 1. The van der Waals surface area contributed by atoms with E-state index >= 15 is 0 Å². The van der Waals surface area contributed by atoms with Crippen LogP contribution in [0.15, 0.2) is 18.2 Å². The maximum absolute atomic E-state index is 12.1. The Morgan fingerprint density at radius 3 is 2.70 bits per heavy atom. The molecule has 0 bridgehead atoms. The third kappa shape index (κ3) is 6.10. The van der Waals surface area contributed by atoms with Crippen molar-refractivity contribution in [2.24, 2.45) is 0 Å². The number of unbranched alkanes of at least 4 members (excludes halogenated alkanes) is 3. The second-order valence-electron chi connectivity index (χ2n) is 5.88. The zero-order valence-corrected chi connectivity index (χ0v) is 14.2. The Hall–Kier alpha value is -1.75. The average Bonchev–Trinajstić information content (AvgIpc) is 3.33. The molecule has 0 unspecified atom stereocenters. The van der Waals surface area contributed by atoms with Gasteiger partial charge in [-0.15, -0.1) is 0 Å². The average molecular weight is 338 g/mol. The number of urea groups is 1. The van der Waals surface area contributed by atoms with E-state index < -0.39 is 0 Å². The first-order valence-corrected chi connectivity index (χ1v) is 8.63. The van der Waals surface area contributed by atoms with Crippen molar-refractivity contribution in [2.45, 2.75) is 51.5 Å². The van der Waals surface area contributed by atoms with E-state index in [0.29, 0.717) is 22.8 Å². The number of carbonyl (C=O) groups is 2. The molecule has 126 valence electrons. The van der Waals surface area contributed by atoms with Gasteiger partial charge >= 0.3 is 6.03 Å². The van der Waals surface area contributed by atoms with Gasteiger partial charge in [-0.25, -0.2) is 4.79 Å². The van der Waals surface area contributed by atoms with Gasteiger partial charge in [0, 0.05) is 18.3 Å². The monoisotopic (exact) mass is 337 g/mol. The van der Waals surface area contributed by atoms with Crippen molar-refractivity contribution >= 4 is 29.2 Å². The summed E-state index contributed by atoms with van der Waals surface area (Å²) >= 11 is 6.07. The van der Waals surface area contributed by atoms with Crippen LogP contribution in [0.25, 0.3) is 0 Å². The Labute approximate surface area is 142 Å². The molecule has 1 aliphatic rings. The van der Waals surface area contributed by atoms with Crippen LogP contribution in [0, 0.1) is 0 Å². The van der Waals surface area contributed by atoms with Gasteiger partial charge in [0.1, 0.15) is 0 Å². The minimum Gasteiger partial charge on any atom is -0.349 e. The molecule has 6 heteroatoms. The fourth-order valence-electron chi connectivity index (χ4n) is 2.20. The molecule has 1 saturated carbocycles. The fraction of sp³-hybridized carbons (Fsp3) is 0.529. The first-order chi connectivity index (χ1) is 11.1. The van der Waals surface area contributed by atoms with Crippen LogP contribution < -0.4 is 16.0 Å². The first-order valence-electron chi connectivity index (χ1n) is 8.25. The smallest absolute Gasteiger partial charge is 0.319 e. The minimum atomic E-state index is -0.266. The first kappa shape index (κ1) is 17.6. The number of amides is 3. The van der Waals surface area contributed by atoms with E-state index in [0.717, 1.165) is 25.7 Å². The Balaban J connectivity index is 1.84. The number of hydrogen-bond acceptors (Lipinski definition) is 2. The van der Waals surface area contributed by atoms with Crippen molar-refractivity contribution in [3.05, 3.63) is 28.8 Å². The lowest BCUT2D eigenvalue weighted by atomic mass is 10.2. The van der Waals surface area contributed by atoms with E-state index in [1.807, 2.05) is 0 Å². The highest BCUT2D eigenvalue weighted by Gasteiger charge is 2.24. The summed E-state index contributed by atoms with van der Waals surface area (Å²) in [6.45, 7) is 2.80. The van der Waals surface area contributed by atoms with Gasteiger partial charge in [0.2, 0.25) is 0 Å². The molecule has 1 aliphatic carbocycles. The van der Waals surface area contributed by atoms with Crippen LogP contribution in [0.5, 0.6) is 0 Å². The second-order valence-corrected chi connectivity index (χ2v) is 6.29. The molecule has 2 rings (SSSR count). The van der Waals surface area contributed by atoms with Crippen molar-refractivity contribution in [2.75, 3.05) is 11.9 Å². The van der Waals surface area contributed by atoms with Gasteiger partial charge in [-0.2, -0.15) is 0 Å². The van der Waals surface area contributed by atoms with Crippen LogP contribution in [0.4, 0.5) is 10.5 Å². The van der Waals surface area contributed by atoms with Crippen LogP contribution in [0.3, 0.4) is 0 Å². The molecule has 0 atom stereocenters. The van der Waals surface area contributed by atoms with E-state index in [9.17, 15) is 9.59 Å². The number of benzene rings is 1.